The number of aromatic nitrogens is 2. The van der Waals surface area contributed by atoms with Gasteiger partial charge in [-0.25, -0.2) is 0 Å². The minimum absolute atomic E-state index is 0.0517. The zero-order valence-corrected chi connectivity index (χ0v) is 15.7. The number of aromatic amines is 1. The van der Waals surface area contributed by atoms with Gasteiger partial charge in [0.05, 0.1) is 12.2 Å². The Balaban J connectivity index is 1.36. The minimum atomic E-state index is -0.0517. The number of anilines is 2. The highest BCUT2D eigenvalue weighted by Gasteiger charge is 2.24. The number of rotatable bonds is 3. The Kier molecular flexibility index (Phi) is 4.33. The Morgan fingerprint density at radius 3 is 2.61 bits per heavy atom. The smallest absolute Gasteiger partial charge is 0.258 e. The molecule has 0 bridgehead atoms. The molecular formula is C22H23N5O. The molecule has 6 heteroatoms. The van der Waals surface area contributed by atoms with Crippen molar-refractivity contribution in [3.8, 4) is 0 Å². The Bertz CT molecular complexity index is 1050. The zero-order chi connectivity index (χ0) is 18.9. The highest BCUT2D eigenvalue weighted by molar-refractivity contribution is 5.50. The van der Waals surface area contributed by atoms with E-state index in [1.165, 1.54) is 16.7 Å². The molecule has 0 aliphatic carbocycles. The molecule has 3 heterocycles. The molecule has 0 saturated carbocycles. The van der Waals surface area contributed by atoms with Gasteiger partial charge in [0.15, 0.2) is 0 Å². The molecule has 2 N–H and O–H groups in total. The average Bonchev–Trinajstić information content (AvgIpc) is 2.74. The standard InChI is InChI=1S/C22H23N5O/c28-21-19-14-26(12-16-6-2-1-3-7-16)15-23-20(19)24-22(25-21)27-11-10-17-8-4-5-9-18(17)13-27/h1-9H,10-15H2,(H2,23,24,25,28). The first-order valence-corrected chi connectivity index (χ1v) is 9.71. The van der Waals surface area contributed by atoms with Crippen molar-refractivity contribution in [2.45, 2.75) is 26.1 Å². The largest absolute Gasteiger partial charge is 0.357 e. The van der Waals surface area contributed by atoms with Crippen molar-refractivity contribution >= 4 is 11.8 Å². The second kappa shape index (κ2) is 7.13. The summed E-state index contributed by atoms with van der Waals surface area (Å²) >= 11 is 0. The van der Waals surface area contributed by atoms with E-state index in [0.717, 1.165) is 26.1 Å². The van der Waals surface area contributed by atoms with E-state index in [9.17, 15) is 4.79 Å². The summed E-state index contributed by atoms with van der Waals surface area (Å²) in [6, 6.07) is 18.8. The van der Waals surface area contributed by atoms with Gasteiger partial charge in [-0.05, 0) is 23.1 Å². The van der Waals surface area contributed by atoms with Crippen molar-refractivity contribution in [1.29, 1.82) is 0 Å². The van der Waals surface area contributed by atoms with Crippen molar-refractivity contribution in [3.05, 3.63) is 87.2 Å². The van der Waals surface area contributed by atoms with Crippen molar-refractivity contribution in [2.75, 3.05) is 23.4 Å². The Hall–Kier alpha value is -3.12. The van der Waals surface area contributed by atoms with Crippen LogP contribution in [0.4, 0.5) is 11.8 Å². The monoisotopic (exact) mass is 373 g/mol. The molecule has 2 aliphatic heterocycles. The second-order valence-electron chi connectivity index (χ2n) is 7.46. The number of H-pyrrole nitrogens is 1. The van der Waals surface area contributed by atoms with Crippen molar-refractivity contribution in [2.24, 2.45) is 0 Å². The van der Waals surface area contributed by atoms with Crippen LogP contribution in [0.1, 0.15) is 22.3 Å². The summed E-state index contributed by atoms with van der Waals surface area (Å²) in [5.74, 6) is 1.36. The van der Waals surface area contributed by atoms with Crippen LogP contribution in [0.15, 0.2) is 59.4 Å². The summed E-state index contributed by atoms with van der Waals surface area (Å²) < 4.78 is 0. The van der Waals surface area contributed by atoms with E-state index in [0.29, 0.717) is 30.5 Å². The molecule has 6 nitrogen and oxygen atoms in total. The lowest BCUT2D eigenvalue weighted by Crippen LogP contribution is -2.39. The van der Waals surface area contributed by atoms with E-state index in [-0.39, 0.29) is 5.56 Å². The van der Waals surface area contributed by atoms with Gasteiger partial charge in [-0.15, -0.1) is 0 Å². The maximum absolute atomic E-state index is 12.8. The number of benzene rings is 2. The summed E-state index contributed by atoms with van der Waals surface area (Å²) in [4.78, 5) is 24.9. The van der Waals surface area contributed by atoms with Crippen LogP contribution in [-0.2, 0) is 26.1 Å². The molecule has 28 heavy (non-hydrogen) atoms. The van der Waals surface area contributed by atoms with E-state index in [1.54, 1.807) is 0 Å². The molecule has 2 aliphatic rings. The molecular weight excluding hydrogens is 350 g/mol. The Labute approximate surface area is 163 Å². The molecule has 1 aromatic heterocycles. The number of hydrogen-bond acceptors (Lipinski definition) is 5. The number of hydrogen-bond donors (Lipinski definition) is 2. The van der Waals surface area contributed by atoms with Crippen LogP contribution in [0.5, 0.6) is 0 Å². The van der Waals surface area contributed by atoms with Crippen LogP contribution < -0.4 is 15.8 Å². The highest BCUT2D eigenvalue weighted by atomic mass is 16.1. The second-order valence-corrected chi connectivity index (χ2v) is 7.46. The van der Waals surface area contributed by atoms with Gasteiger partial charge in [0.25, 0.3) is 5.56 Å². The zero-order valence-electron chi connectivity index (χ0n) is 15.7. The van der Waals surface area contributed by atoms with Gasteiger partial charge < -0.3 is 10.2 Å². The maximum atomic E-state index is 12.8. The van der Waals surface area contributed by atoms with Gasteiger partial charge in [-0.3, -0.25) is 14.7 Å². The molecule has 0 fully saturated rings. The summed E-state index contributed by atoms with van der Waals surface area (Å²) in [6.07, 6.45) is 0.968. The molecule has 3 aromatic rings. The third-order valence-corrected chi connectivity index (χ3v) is 5.53. The lowest BCUT2D eigenvalue weighted by molar-refractivity contribution is 0.264. The lowest BCUT2D eigenvalue weighted by Gasteiger charge is -2.32. The molecule has 142 valence electrons. The average molecular weight is 373 g/mol. The van der Waals surface area contributed by atoms with Gasteiger partial charge in [-0.1, -0.05) is 54.6 Å². The van der Waals surface area contributed by atoms with Gasteiger partial charge in [0.1, 0.15) is 5.82 Å². The van der Waals surface area contributed by atoms with Gasteiger partial charge in [-0.2, -0.15) is 4.98 Å². The third kappa shape index (κ3) is 3.27. The summed E-state index contributed by atoms with van der Waals surface area (Å²) in [7, 11) is 0. The first-order chi connectivity index (χ1) is 13.8. The third-order valence-electron chi connectivity index (χ3n) is 5.53. The predicted molar refractivity (Wildman–Crippen MR) is 110 cm³/mol. The van der Waals surface area contributed by atoms with Crippen LogP contribution in [-0.4, -0.2) is 28.1 Å². The van der Waals surface area contributed by atoms with Crippen LogP contribution in [0.2, 0.25) is 0 Å². The van der Waals surface area contributed by atoms with Gasteiger partial charge in [0, 0.05) is 26.2 Å². The van der Waals surface area contributed by atoms with E-state index in [1.807, 2.05) is 18.2 Å². The summed E-state index contributed by atoms with van der Waals surface area (Å²) in [5, 5.41) is 3.34. The van der Waals surface area contributed by atoms with E-state index in [2.05, 4.69) is 56.5 Å². The molecule has 0 unspecified atom stereocenters. The fourth-order valence-electron chi connectivity index (χ4n) is 4.02. The van der Waals surface area contributed by atoms with Crippen LogP contribution in [0.3, 0.4) is 0 Å². The maximum Gasteiger partial charge on any atom is 0.258 e. The molecule has 2 aromatic carbocycles. The molecule has 0 atom stereocenters. The molecule has 0 radical (unpaired) electrons. The van der Waals surface area contributed by atoms with Crippen molar-refractivity contribution in [3.63, 3.8) is 0 Å². The normalized spacial score (nSPS) is 16.2. The molecule has 0 amide bonds. The summed E-state index contributed by atoms with van der Waals surface area (Å²) in [5.41, 5.74) is 4.58. The van der Waals surface area contributed by atoms with E-state index < -0.39 is 0 Å². The van der Waals surface area contributed by atoms with E-state index >= 15 is 0 Å². The predicted octanol–water partition coefficient (Wildman–Crippen LogP) is 2.72. The van der Waals surface area contributed by atoms with Gasteiger partial charge >= 0.3 is 0 Å². The SMILES string of the molecule is O=c1[nH]c(N2CCc3ccccc3C2)nc2c1CN(Cc1ccccc1)CN2. The lowest BCUT2D eigenvalue weighted by atomic mass is 10.0. The van der Waals surface area contributed by atoms with Crippen LogP contribution in [0, 0.1) is 0 Å². The fourth-order valence-corrected chi connectivity index (χ4v) is 4.02. The number of nitrogens with zero attached hydrogens (tertiary/aromatic N) is 3. The van der Waals surface area contributed by atoms with Crippen molar-refractivity contribution in [1.82, 2.24) is 14.9 Å². The Morgan fingerprint density at radius 2 is 1.75 bits per heavy atom. The fraction of sp³-hybridized carbons (Fsp3) is 0.273. The Morgan fingerprint density at radius 1 is 0.964 bits per heavy atom. The van der Waals surface area contributed by atoms with Crippen molar-refractivity contribution < 1.29 is 0 Å². The van der Waals surface area contributed by atoms with Crippen LogP contribution in [0.25, 0.3) is 0 Å². The number of fused-ring (bicyclic) bond motifs is 2. The molecule has 0 saturated heterocycles. The first-order valence-electron chi connectivity index (χ1n) is 9.71. The van der Waals surface area contributed by atoms with Gasteiger partial charge in [0.2, 0.25) is 5.95 Å². The molecule has 0 spiro atoms. The number of nitrogens with one attached hydrogen (secondary N) is 2. The molecule has 5 rings (SSSR count). The highest BCUT2D eigenvalue weighted by Crippen LogP contribution is 2.24. The first kappa shape index (κ1) is 17.0. The van der Waals surface area contributed by atoms with E-state index in [4.69, 9.17) is 4.98 Å². The topological polar surface area (TPSA) is 64.3 Å². The van der Waals surface area contributed by atoms with Crippen LogP contribution >= 0.6 is 0 Å². The minimum Gasteiger partial charge on any atom is -0.357 e. The summed E-state index contributed by atoms with van der Waals surface area (Å²) in [6.45, 7) is 3.72. The quantitative estimate of drug-likeness (QED) is 0.739.